The van der Waals surface area contributed by atoms with Crippen molar-refractivity contribution in [2.45, 2.75) is 67.6 Å². The monoisotopic (exact) mass is 284 g/mol. The summed E-state index contributed by atoms with van der Waals surface area (Å²) in [6.45, 7) is 14.7. The number of ether oxygens (including phenoxy) is 2. The second-order valence-corrected chi connectivity index (χ2v) is 6.04. The van der Waals surface area contributed by atoms with E-state index in [-0.39, 0.29) is 24.0 Å². The summed E-state index contributed by atoms with van der Waals surface area (Å²) in [6, 6.07) is 0. The van der Waals surface area contributed by atoms with Gasteiger partial charge in [0.1, 0.15) is 0 Å². The van der Waals surface area contributed by atoms with Crippen LogP contribution < -0.4 is 0 Å². The summed E-state index contributed by atoms with van der Waals surface area (Å²) in [7, 11) is 0. The van der Waals surface area contributed by atoms with Crippen LogP contribution in [0.1, 0.15) is 55.4 Å². The van der Waals surface area contributed by atoms with Gasteiger partial charge in [0, 0.05) is 0 Å². The molecule has 0 saturated heterocycles. The van der Waals surface area contributed by atoms with E-state index in [0.717, 1.165) is 0 Å². The highest BCUT2D eigenvalue weighted by Crippen LogP contribution is 2.25. The minimum absolute atomic E-state index is 0.0987. The molecule has 0 rings (SSSR count). The number of carbonyl (C=O) groups is 2. The first kappa shape index (κ1) is 18.7. The molecule has 0 radical (unpaired) electrons. The lowest BCUT2D eigenvalue weighted by Crippen LogP contribution is -2.25. The molecule has 4 heteroatoms. The topological polar surface area (TPSA) is 52.6 Å². The highest BCUT2D eigenvalue weighted by molar-refractivity contribution is 6.01. The van der Waals surface area contributed by atoms with Crippen molar-refractivity contribution >= 4 is 11.9 Å². The van der Waals surface area contributed by atoms with Gasteiger partial charge < -0.3 is 9.47 Å². The van der Waals surface area contributed by atoms with Crippen molar-refractivity contribution in [2.24, 2.45) is 11.8 Å². The Morgan fingerprint density at radius 2 is 0.850 bits per heavy atom. The number of hydrogen-bond donors (Lipinski definition) is 0. The quantitative estimate of drug-likeness (QED) is 0.553. The van der Waals surface area contributed by atoms with E-state index in [1.165, 1.54) is 0 Å². The molecule has 0 N–H and O–H groups in total. The lowest BCUT2D eigenvalue weighted by Gasteiger charge is -2.21. The van der Waals surface area contributed by atoms with Gasteiger partial charge in [-0.15, -0.1) is 0 Å². The zero-order chi connectivity index (χ0) is 16.0. The smallest absolute Gasteiger partial charge is 0.335 e. The first-order valence-electron chi connectivity index (χ1n) is 7.23. The van der Waals surface area contributed by atoms with E-state index in [1.54, 1.807) is 27.7 Å². The zero-order valence-electron chi connectivity index (χ0n) is 13.9. The number of hydrogen-bond acceptors (Lipinski definition) is 4. The molecule has 0 aliphatic rings. The summed E-state index contributed by atoms with van der Waals surface area (Å²) in [5.74, 6) is -1.06. The van der Waals surface area contributed by atoms with Gasteiger partial charge in [-0.2, -0.15) is 0 Å². The van der Waals surface area contributed by atoms with Crippen LogP contribution in [0, 0.1) is 11.8 Å². The van der Waals surface area contributed by atoms with Crippen molar-refractivity contribution in [1.82, 2.24) is 0 Å². The molecule has 0 aliphatic heterocycles. The van der Waals surface area contributed by atoms with Crippen LogP contribution in [0.25, 0.3) is 0 Å². The van der Waals surface area contributed by atoms with E-state index in [0.29, 0.717) is 11.1 Å². The Labute approximate surface area is 122 Å². The van der Waals surface area contributed by atoms with Crippen molar-refractivity contribution in [3.8, 4) is 0 Å². The molecule has 0 aromatic rings. The molecule has 20 heavy (non-hydrogen) atoms. The minimum Gasteiger partial charge on any atom is -0.460 e. The van der Waals surface area contributed by atoms with Gasteiger partial charge >= 0.3 is 11.9 Å². The van der Waals surface area contributed by atoms with Crippen LogP contribution in [-0.4, -0.2) is 24.1 Å². The molecule has 0 aromatic carbocycles. The fourth-order valence-corrected chi connectivity index (χ4v) is 1.87. The molecule has 0 saturated carbocycles. The molecule has 0 aromatic heterocycles. The third kappa shape index (κ3) is 5.76. The predicted molar refractivity (Wildman–Crippen MR) is 79.2 cm³/mol. The minimum atomic E-state index is -0.431. The number of carbonyl (C=O) groups excluding carboxylic acids is 2. The van der Waals surface area contributed by atoms with Crippen molar-refractivity contribution in [3.05, 3.63) is 11.1 Å². The maximum Gasteiger partial charge on any atom is 0.335 e. The maximum atomic E-state index is 12.2. The Hall–Kier alpha value is -1.32. The molecule has 0 fully saturated rings. The van der Waals surface area contributed by atoms with Gasteiger partial charge in [0.15, 0.2) is 0 Å². The zero-order valence-corrected chi connectivity index (χ0v) is 13.9. The Bertz CT molecular complexity index is 340. The standard InChI is InChI=1S/C16H28O4/c1-9(2)13(15(17)19-11(5)6)14(10(3)4)16(18)20-12(7)8/h9-12H,1-8H3/b14-13-. The molecule has 4 nitrogen and oxygen atoms in total. The fraction of sp³-hybridized carbons (Fsp3) is 0.750. The average Bonchev–Trinajstić information content (AvgIpc) is 2.21. The predicted octanol–water partition coefficient (Wildman–Crippen LogP) is 3.50. The Morgan fingerprint density at radius 3 is 1.00 bits per heavy atom. The van der Waals surface area contributed by atoms with Crippen molar-refractivity contribution in [3.63, 3.8) is 0 Å². The van der Waals surface area contributed by atoms with E-state index in [9.17, 15) is 9.59 Å². The summed E-state index contributed by atoms with van der Waals surface area (Å²) in [6.07, 6.45) is -0.434. The molecule has 0 heterocycles. The van der Waals surface area contributed by atoms with E-state index in [2.05, 4.69) is 0 Å². The van der Waals surface area contributed by atoms with Crippen LogP contribution in [0.15, 0.2) is 11.1 Å². The van der Waals surface area contributed by atoms with Crippen molar-refractivity contribution in [2.75, 3.05) is 0 Å². The molecule has 0 spiro atoms. The van der Waals surface area contributed by atoms with Gasteiger partial charge in [0.2, 0.25) is 0 Å². The summed E-state index contributed by atoms with van der Waals surface area (Å²) in [5, 5.41) is 0. The van der Waals surface area contributed by atoms with Crippen LogP contribution in [0.4, 0.5) is 0 Å². The first-order valence-corrected chi connectivity index (χ1v) is 7.23. The molecular formula is C16H28O4. The van der Waals surface area contributed by atoms with Crippen molar-refractivity contribution < 1.29 is 19.1 Å². The largest absolute Gasteiger partial charge is 0.460 e. The third-order valence-corrected chi connectivity index (χ3v) is 2.57. The average molecular weight is 284 g/mol. The lowest BCUT2D eigenvalue weighted by atomic mass is 9.90. The molecule has 0 aliphatic carbocycles. The molecular weight excluding hydrogens is 256 g/mol. The Balaban J connectivity index is 5.68. The van der Waals surface area contributed by atoms with Crippen LogP contribution in [0.2, 0.25) is 0 Å². The van der Waals surface area contributed by atoms with E-state index < -0.39 is 11.9 Å². The molecule has 0 amide bonds. The molecule has 116 valence electrons. The van der Waals surface area contributed by atoms with Gasteiger partial charge in [-0.25, -0.2) is 9.59 Å². The summed E-state index contributed by atoms with van der Waals surface area (Å²) < 4.78 is 10.5. The SMILES string of the molecule is CC(C)OC(=O)/C(=C(\C(=O)OC(C)C)C(C)C)C(C)C. The molecule has 0 bridgehead atoms. The van der Waals surface area contributed by atoms with Crippen molar-refractivity contribution in [1.29, 1.82) is 0 Å². The van der Waals surface area contributed by atoms with Gasteiger partial charge in [0.25, 0.3) is 0 Å². The number of esters is 2. The van der Waals surface area contributed by atoms with E-state index >= 15 is 0 Å². The third-order valence-electron chi connectivity index (χ3n) is 2.57. The summed E-state index contributed by atoms with van der Waals surface area (Å²) in [5.41, 5.74) is 0.832. The van der Waals surface area contributed by atoms with Gasteiger partial charge in [-0.05, 0) is 39.5 Å². The highest BCUT2D eigenvalue weighted by Gasteiger charge is 2.28. The molecule has 0 unspecified atom stereocenters. The van der Waals surface area contributed by atoms with E-state index in [4.69, 9.17) is 9.47 Å². The van der Waals surface area contributed by atoms with Gasteiger partial charge in [-0.3, -0.25) is 0 Å². The van der Waals surface area contributed by atoms with Crippen LogP contribution in [0.5, 0.6) is 0 Å². The van der Waals surface area contributed by atoms with Gasteiger partial charge in [0.05, 0.1) is 23.4 Å². The molecule has 0 atom stereocenters. The summed E-state index contributed by atoms with van der Waals surface area (Å²) >= 11 is 0. The number of rotatable bonds is 6. The lowest BCUT2D eigenvalue weighted by molar-refractivity contribution is -0.147. The Morgan fingerprint density at radius 1 is 0.600 bits per heavy atom. The maximum absolute atomic E-state index is 12.2. The fourth-order valence-electron chi connectivity index (χ4n) is 1.87. The normalized spacial score (nSPS) is 13.0. The highest BCUT2D eigenvalue weighted by atomic mass is 16.5. The van der Waals surface area contributed by atoms with Crippen LogP contribution in [0.3, 0.4) is 0 Å². The first-order chi connectivity index (χ1) is 9.07. The second kappa shape index (κ2) is 8.08. The van der Waals surface area contributed by atoms with Crippen LogP contribution >= 0.6 is 0 Å². The second-order valence-electron chi connectivity index (χ2n) is 6.04. The van der Waals surface area contributed by atoms with Gasteiger partial charge in [-0.1, -0.05) is 27.7 Å². The Kier molecular flexibility index (Phi) is 7.54. The van der Waals surface area contributed by atoms with Crippen LogP contribution in [-0.2, 0) is 19.1 Å². The van der Waals surface area contributed by atoms with E-state index in [1.807, 2.05) is 27.7 Å². The summed E-state index contributed by atoms with van der Waals surface area (Å²) in [4.78, 5) is 24.5.